The minimum atomic E-state index is 0.308. The van der Waals surface area contributed by atoms with Crippen molar-refractivity contribution in [1.82, 2.24) is 4.90 Å². The van der Waals surface area contributed by atoms with Crippen LogP contribution in [0.15, 0.2) is 28.7 Å². The van der Waals surface area contributed by atoms with Crippen LogP contribution in [0.4, 0.5) is 0 Å². The molecule has 1 aromatic rings. The molecule has 1 rings (SSSR count). The van der Waals surface area contributed by atoms with Crippen molar-refractivity contribution in [2.45, 2.75) is 33.7 Å². The van der Waals surface area contributed by atoms with Gasteiger partial charge in [0.2, 0.25) is 0 Å². The van der Waals surface area contributed by atoms with Gasteiger partial charge in [-0.05, 0) is 29.5 Å². The molecule has 2 N–H and O–H groups in total. The second-order valence-electron chi connectivity index (χ2n) is 6.05. The molecule has 19 heavy (non-hydrogen) atoms. The second kappa shape index (κ2) is 8.03. The van der Waals surface area contributed by atoms with Crippen molar-refractivity contribution in [2.24, 2.45) is 17.6 Å². The van der Waals surface area contributed by atoms with Gasteiger partial charge in [-0.15, -0.1) is 0 Å². The van der Waals surface area contributed by atoms with Crippen LogP contribution in [-0.4, -0.2) is 24.5 Å². The molecule has 0 saturated carbocycles. The van der Waals surface area contributed by atoms with Gasteiger partial charge in [-0.25, -0.2) is 0 Å². The minimum absolute atomic E-state index is 0.308. The van der Waals surface area contributed by atoms with E-state index in [2.05, 4.69) is 72.8 Å². The molecular weight excluding hydrogens is 300 g/mol. The third-order valence-corrected chi connectivity index (χ3v) is 3.59. The van der Waals surface area contributed by atoms with Gasteiger partial charge in [0.25, 0.3) is 0 Å². The summed E-state index contributed by atoms with van der Waals surface area (Å²) in [6.45, 7) is 11.9. The summed E-state index contributed by atoms with van der Waals surface area (Å²) < 4.78 is 1.12. The number of halogens is 1. The van der Waals surface area contributed by atoms with Crippen molar-refractivity contribution in [3.8, 4) is 0 Å². The molecular formula is C16H27BrN2. The van der Waals surface area contributed by atoms with Gasteiger partial charge in [-0.1, -0.05) is 55.8 Å². The summed E-state index contributed by atoms with van der Waals surface area (Å²) in [4.78, 5) is 2.52. The zero-order valence-corrected chi connectivity index (χ0v) is 14.2. The maximum atomic E-state index is 6.05. The topological polar surface area (TPSA) is 29.3 Å². The third kappa shape index (κ3) is 5.64. The summed E-state index contributed by atoms with van der Waals surface area (Å²) in [7, 11) is 0. The first kappa shape index (κ1) is 16.7. The zero-order valence-electron chi connectivity index (χ0n) is 12.6. The minimum Gasteiger partial charge on any atom is -0.329 e. The van der Waals surface area contributed by atoms with E-state index in [0.29, 0.717) is 24.4 Å². The summed E-state index contributed by atoms with van der Waals surface area (Å²) in [5.41, 5.74) is 7.35. The van der Waals surface area contributed by atoms with E-state index in [1.54, 1.807) is 0 Å². The number of hydrogen-bond acceptors (Lipinski definition) is 2. The highest BCUT2D eigenvalue weighted by Gasteiger charge is 2.20. The van der Waals surface area contributed by atoms with Crippen molar-refractivity contribution >= 4 is 15.9 Å². The van der Waals surface area contributed by atoms with Crippen LogP contribution in [0.1, 0.15) is 39.3 Å². The number of rotatable bonds is 7. The van der Waals surface area contributed by atoms with Gasteiger partial charge >= 0.3 is 0 Å². The first-order valence-corrected chi connectivity index (χ1v) is 7.93. The molecule has 108 valence electrons. The largest absolute Gasteiger partial charge is 0.329 e. The lowest BCUT2D eigenvalue weighted by atomic mass is 10.0. The Morgan fingerprint density at radius 3 is 2.11 bits per heavy atom. The highest BCUT2D eigenvalue weighted by Crippen LogP contribution is 2.24. The number of benzene rings is 1. The van der Waals surface area contributed by atoms with E-state index in [4.69, 9.17) is 5.73 Å². The molecule has 0 fully saturated rings. The summed E-state index contributed by atoms with van der Waals surface area (Å²) in [6, 6.07) is 8.82. The molecule has 0 spiro atoms. The van der Waals surface area contributed by atoms with Gasteiger partial charge in [0.15, 0.2) is 0 Å². The fraction of sp³-hybridized carbons (Fsp3) is 0.625. The van der Waals surface area contributed by atoms with Crippen molar-refractivity contribution < 1.29 is 0 Å². The molecule has 1 atom stereocenters. The standard InChI is InChI=1S/C16H27BrN2/c1-12(2)10-19(11-13(3)4)16(9-18)14-6-5-7-15(17)8-14/h5-8,12-13,16H,9-11,18H2,1-4H3. The molecule has 2 nitrogen and oxygen atoms in total. The molecule has 1 aromatic carbocycles. The molecule has 0 aromatic heterocycles. The van der Waals surface area contributed by atoms with Crippen molar-refractivity contribution in [3.05, 3.63) is 34.3 Å². The zero-order chi connectivity index (χ0) is 14.4. The van der Waals surface area contributed by atoms with Gasteiger partial charge in [-0.2, -0.15) is 0 Å². The van der Waals surface area contributed by atoms with Crippen LogP contribution < -0.4 is 5.73 Å². The fourth-order valence-electron chi connectivity index (χ4n) is 2.48. The first-order chi connectivity index (χ1) is 8.93. The maximum Gasteiger partial charge on any atom is 0.0471 e. The van der Waals surface area contributed by atoms with Crippen LogP contribution in [0.5, 0.6) is 0 Å². The Balaban J connectivity index is 2.94. The molecule has 1 unspecified atom stereocenters. The normalized spacial score (nSPS) is 13.5. The lowest BCUT2D eigenvalue weighted by Crippen LogP contribution is -2.38. The van der Waals surface area contributed by atoms with Crippen molar-refractivity contribution in [1.29, 1.82) is 0 Å². The average molecular weight is 327 g/mol. The molecule has 0 amide bonds. The van der Waals surface area contributed by atoms with E-state index in [9.17, 15) is 0 Å². The highest BCUT2D eigenvalue weighted by molar-refractivity contribution is 9.10. The summed E-state index contributed by atoms with van der Waals surface area (Å²) in [5, 5.41) is 0. The van der Waals surface area contributed by atoms with Gasteiger partial charge < -0.3 is 5.73 Å². The van der Waals surface area contributed by atoms with E-state index in [1.165, 1.54) is 5.56 Å². The lowest BCUT2D eigenvalue weighted by molar-refractivity contribution is 0.160. The van der Waals surface area contributed by atoms with E-state index in [1.807, 2.05) is 0 Å². The fourth-order valence-corrected chi connectivity index (χ4v) is 2.89. The molecule has 0 saturated heterocycles. The Bertz CT molecular complexity index is 367. The molecule has 3 heteroatoms. The Kier molecular flexibility index (Phi) is 7.05. The molecule has 0 aliphatic carbocycles. The Hall–Kier alpha value is -0.380. The SMILES string of the molecule is CC(C)CN(CC(C)C)C(CN)c1cccc(Br)c1. The lowest BCUT2D eigenvalue weighted by Gasteiger charge is -2.34. The average Bonchev–Trinajstić information content (AvgIpc) is 2.28. The smallest absolute Gasteiger partial charge is 0.0471 e. The van der Waals surface area contributed by atoms with E-state index < -0.39 is 0 Å². The number of nitrogens with two attached hydrogens (primary N) is 1. The predicted octanol–water partition coefficient (Wildman–Crippen LogP) is 4.06. The van der Waals surface area contributed by atoms with Crippen LogP contribution in [0.3, 0.4) is 0 Å². The molecule has 0 aliphatic rings. The highest BCUT2D eigenvalue weighted by atomic mass is 79.9. The van der Waals surface area contributed by atoms with Crippen LogP contribution >= 0.6 is 15.9 Å². The Labute approximate surface area is 126 Å². The molecule has 0 aliphatic heterocycles. The van der Waals surface area contributed by atoms with Crippen LogP contribution in [-0.2, 0) is 0 Å². The van der Waals surface area contributed by atoms with Crippen LogP contribution in [0, 0.1) is 11.8 Å². The Morgan fingerprint density at radius 1 is 1.11 bits per heavy atom. The number of hydrogen-bond donors (Lipinski definition) is 1. The summed E-state index contributed by atoms with van der Waals surface area (Å²) in [6.07, 6.45) is 0. The van der Waals surface area contributed by atoms with E-state index in [-0.39, 0.29) is 0 Å². The van der Waals surface area contributed by atoms with E-state index in [0.717, 1.165) is 17.6 Å². The monoisotopic (exact) mass is 326 g/mol. The second-order valence-corrected chi connectivity index (χ2v) is 6.96. The maximum absolute atomic E-state index is 6.05. The number of nitrogens with zero attached hydrogens (tertiary/aromatic N) is 1. The van der Waals surface area contributed by atoms with Gasteiger partial charge in [0.1, 0.15) is 0 Å². The molecule has 0 radical (unpaired) electrons. The predicted molar refractivity (Wildman–Crippen MR) is 87.2 cm³/mol. The van der Waals surface area contributed by atoms with Gasteiger partial charge in [0, 0.05) is 30.1 Å². The summed E-state index contributed by atoms with van der Waals surface area (Å²) >= 11 is 3.55. The molecule has 0 bridgehead atoms. The quantitative estimate of drug-likeness (QED) is 0.818. The van der Waals surface area contributed by atoms with Crippen molar-refractivity contribution in [2.75, 3.05) is 19.6 Å². The summed E-state index contributed by atoms with van der Waals surface area (Å²) in [5.74, 6) is 1.31. The first-order valence-electron chi connectivity index (χ1n) is 7.13. The van der Waals surface area contributed by atoms with E-state index >= 15 is 0 Å². The van der Waals surface area contributed by atoms with Crippen LogP contribution in [0.2, 0.25) is 0 Å². The van der Waals surface area contributed by atoms with Gasteiger partial charge in [-0.3, -0.25) is 4.90 Å². The van der Waals surface area contributed by atoms with Gasteiger partial charge in [0.05, 0.1) is 0 Å². The molecule has 0 heterocycles. The Morgan fingerprint density at radius 2 is 1.68 bits per heavy atom. The van der Waals surface area contributed by atoms with Crippen molar-refractivity contribution in [3.63, 3.8) is 0 Å². The van der Waals surface area contributed by atoms with Crippen LogP contribution in [0.25, 0.3) is 0 Å². The third-order valence-electron chi connectivity index (χ3n) is 3.10.